The van der Waals surface area contributed by atoms with Gasteiger partial charge in [0.25, 0.3) is 5.82 Å². The minimum Gasteiger partial charge on any atom is -0.285 e. The molecule has 0 fully saturated rings. The molecule has 1 aromatic carbocycles. The second kappa shape index (κ2) is 2.37. The van der Waals surface area contributed by atoms with E-state index in [1.165, 1.54) is 4.68 Å². The molecule has 12 heavy (non-hydrogen) atoms. The summed E-state index contributed by atoms with van der Waals surface area (Å²) in [5.74, 6) is 6.14. The van der Waals surface area contributed by atoms with Gasteiger partial charge in [-0.3, -0.25) is 11.6 Å². The van der Waals surface area contributed by atoms with Crippen molar-refractivity contribution in [3.63, 3.8) is 0 Å². The maximum Gasteiger partial charge on any atom is 0.296 e. The molecule has 0 aliphatic heterocycles. The van der Waals surface area contributed by atoms with Crippen molar-refractivity contribution in [1.29, 1.82) is 0 Å². The van der Waals surface area contributed by atoms with Gasteiger partial charge in [-0.1, -0.05) is 24.3 Å². The number of hydrogen-bond acceptors (Lipinski definition) is 2. The third-order valence-corrected chi connectivity index (χ3v) is 1.88. The molecule has 0 saturated carbocycles. The molecule has 0 aliphatic carbocycles. The Morgan fingerprint density at radius 3 is 2.50 bits per heavy atom. The molecule has 3 nitrogen and oxygen atoms in total. The summed E-state index contributed by atoms with van der Waals surface area (Å²) in [6.45, 7) is 0. The summed E-state index contributed by atoms with van der Waals surface area (Å²) in [5.41, 5.74) is 5.62. The summed E-state index contributed by atoms with van der Waals surface area (Å²) >= 11 is 0. The fourth-order valence-electron chi connectivity index (χ4n) is 1.22. The van der Waals surface area contributed by atoms with Crippen LogP contribution in [-0.4, -0.2) is 0 Å². The standard InChI is InChI=1S/C9H9N3/c10-9-5-7-3-1-2-4-8(7)6-12(9)11/h1-6,10H,11H2/p+1/i10+1. The van der Waals surface area contributed by atoms with Crippen LogP contribution in [0.1, 0.15) is 0 Å². The number of nitrogens with zero attached hydrogens (tertiary/aromatic N) is 1. The Hall–Kier alpha value is -1.77. The zero-order chi connectivity index (χ0) is 8.55. The van der Waals surface area contributed by atoms with Gasteiger partial charge in [-0.05, 0) is 5.39 Å². The van der Waals surface area contributed by atoms with Crippen LogP contribution in [-0.2, 0) is 0 Å². The Morgan fingerprint density at radius 2 is 1.75 bits per heavy atom. The summed E-state index contributed by atoms with van der Waals surface area (Å²) in [4.78, 5) is 0. The number of benzene rings is 1. The van der Waals surface area contributed by atoms with Crippen molar-refractivity contribution in [3.8, 4) is 0 Å². The number of hydrogen-bond donors (Lipinski definition) is 2. The van der Waals surface area contributed by atoms with Gasteiger partial charge in [0.2, 0.25) is 0 Å². The first-order chi connectivity index (χ1) is 5.77. The van der Waals surface area contributed by atoms with E-state index in [4.69, 9.17) is 11.6 Å². The van der Waals surface area contributed by atoms with Crippen LogP contribution in [0.3, 0.4) is 0 Å². The molecule has 2 rings (SSSR count). The molecule has 3 heteroatoms. The molecule has 0 aliphatic rings. The van der Waals surface area contributed by atoms with E-state index in [0.717, 1.165) is 10.8 Å². The normalized spacial score (nSPS) is 10.3. The minimum atomic E-state index is 0.564. The summed E-state index contributed by atoms with van der Waals surface area (Å²) in [7, 11) is 0. The highest BCUT2D eigenvalue weighted by atomic mass is 15.5. The largest absolute Gasteiger partial charge is 0.296 e. The van der Waals surface area contributed by atoms with Gasteiger partial charge >= 0.3 is 0 Å². The summed E-state index contributed by atoms with van der Waals surface area (Å²) in [5, 5.41) is 2.20. The highest BCUT2D eigenvalue weighted by Gasteiger charge is 2.01. The van der Waals surface area contributed by atoms with E-state index in [9.17, 15) is 0 Å². The Labute approximate surface area is 70.2 Å². The third kappa shape index (κ3) is 0.955. The molecule has 0 bridgehead atoms. The molecule has 60 valence electrons. The van der Waals surface area contributed by atoms with Crippen LogP contribution in [0.5, 0.6) is 0 Å². The lowest BCUT2D eigenvalue weighted by atomic mass is 10.2. The summed E-state index contributed by atoms with van der Waals surface area (Å²) in [6.07, 6.45) is 1.81. The highest BCUT2D eigenvalue weighted by molar-refractivity contribution is 5.82. The van der Waals surface area contributed by atoms with E-state index >= 15 is 0 Å². The average molecular weight is 161 g/mol. The molecular formula is C9H10N3+. The topological polar surface area (TPSA) is 55.9 Å². The van der Waals surface area contributed by atoms with Crippen molar-refractivity contribution in [2.75, 3.05) is 11.6 Å². The minimum absolute atomic E-state index is 0.564. The van der Waals surface area contributed by atoms with Crippen LogP contribution >= 0.6 is 0 Å². The van der Waals surface area contributed by atoms with Crippen LogP contribution in [0, 0.1) is 0 Å². The molecule has 0 radical (unpaired) electrons. The van der Waals surface area contributed by atoms with Crippen molar-refractivity contribution in [2.45, 2.75) is 0 Å². The Kier molecular flexibility index (Phi) is 1.37. The van der Waals surface area contributed by atoms with Crippen LogP contribution in [0.15, 0.2) is 36.5 Å². The second-order valence-electron chi connectivity index (χ2n) is 2.73. The SMILES string of the molecule is N[n+]1cc2ccccc2cc1[15NH2]. The van der Waals surface area contributed by atoms with Gasteiger partial charge in [0.1, 0.15) is 6.20 Å². The van der Waals surface area contributed by atoms with E-state index in [-0.39, 0.29) is 0 Å². The van der Waals surface area contributed by atoms with Crippen LogP contribution < -0.4 is 16.3 Å². The second-order valence-corrected chi connectivity index (χ2v) is 2.73. The molecule has 1 aromatic heterocycles. The first kappa shape index (κ1) is 6.91. The van der Waals surface area contributed by atoms with E-state index in [1.54, 1.807) is 0 Å². The van der Waals surface area contributed by atoms with Crippen molar-refractivity contribution < 1.29 is 4.68 Å². The number of nitrogen functional groups attached to an aromatic ring is 2. The highest BCUT2D eigenvalue weighted by Crippen LogP contribution is 2.11. The van der Waals surface area contributed by atoms with E-state index in [1.807, 2.05) is 36.5 Å². The van der Waals surface area contributed by atoms with Crippen LogP contribution in [0.4, 0.5) is 5.82 Å². The lowest BCUT2D eigenvalue weighted by molar-refractivity contribution is -0.622. The smallest absolute Gasteiger partial charge is 0.285 e. The van der Waals surface area contributed by atoms with E-state index < -0.39 is 0 Å². The van der Waals surface area contributed by atoms with Crippen molar-refractivity contribution in [1.82, 2.24) is 0 Å². The van der Waals surface area contributed by atoms with Gasteiger partial charge in [-0.15, -0.1) is 4.68 Å². The zero-order valence-electron chi connectivity index (χ0n) is 6.57. The zero-order valence-corrected chi connectivity index (χ0v) is 6.57. The predicted molar refractivity (Wildman–Crippen MR) is 48.7 cm³/mol. The molecule has 0 unspecified atom stereocenters. The molecule has 2 aromatic rings. The van der Waals surface area contributed by atoms with Crippen molar-refractivity contribution in [2.24, 2.45) is 0 Å². The number of fused-ring (bicyclic) bond motifs is 1. The average Bonchev–Trinajstić information content (AvgIpc) is 2.07. The predicted octanol–water partition coefficient (Wildman–Crippen LogP) is 0.423. The Balaban J connectivity index is 2.84. The number of pyridine rings is 1. The van der Waals surface area contributed by atoms with Gasteiger partial charge in [0, 0.05) is 11.5 Å². The summed E-state index contributed by atoms with van der Waals surface area (Å²) in [6, 6.07) is 9.81. The van der Waals surface area contributed by atoms with Crippen molar-refractivity contribution in [3.05, 3.63) is 36.5 Å². The Bertz CT molecular complexity index is 383. The number of rotatable bonds is 0. The maximum atomic E-state index is 5.62. The molecule has 0 amide bonds. The van der Waals surface area contributed by atoms with Crippen molar-refractivity contribution >= 4 is 16.6 Å². The number of nitrogens with two attached hydrogens (primary N) is 2. The number of aromatic nitrogens is 1. The van der Waals surface area contributed by atoms with Gasteiger partial charge < -0.3 is 0 Å². The van der Waals surface area contributed by atoms with E-state index in [0.29, 0.717) is 5.82 Å². The lowest BCUT2D eigenvalue weighted by Crippen LogP contribution is -2.46. The van der Waals surface area contributed by atoms with Gasteiger partial charge in [-0.2, -0.15) is 0 Å². The molecular weight excluding hydrogens is 151 g/mol. The fourth-order valence-corrected chi connectivity index (χ4v) is 1.22. The third-order valence-electron chi connectivity index (χ3n) is 1.88. The van der Waals surface area contributed by atoms with Gasteiger partial charge in [0.15, 0.2) is 0 Å². The Morgan fingerprint density at radius 1 is 1.08 bits per heavy atom. The lowest BCUT2D eigenvalue weighted by Gasteiger charge is -1.98. The molecule has 0 spiro atoms. The van der Waals surface area contributed by atoms with Crippen LogP contribution in [0.25, 0.3) is 10.8 Å². The van der Waals surface area contributed by atoms with Gasteiger partial charge in [0.05, 0.1) is 0 Å². The van der Waals surface area contributed by atoms with E-state index in [2.05, 4.69) is 0 Å². The maximum absolute atomic E-state index is 5.62. The summed E-state index contributed by atoms with van der Waals surface area (Å²) < 4.78 is 1.42. The molecule has 4 N–H and O–H groups in total. The first-order valence-corrected chi connectivity index (χ1v) is 3.72. The number of anilines is 1. The molecule has 1 heterocycles. The quantitative estimate of drug-likeness (QED) is 0.334. The molecule has 0 atom stereocenters. The molecule has 0 saturated heterocycles. The fraction of sp³-hybridized carbons (Fsp3) is 0. The first-order valence-electron chi connectivity index (χ1n) is 3.72. The van der Waals surface area contributed by atoms with Crippen LogP contribution in [0.2, 0.25) is 0 Å². The monoisotopic (exact) mass is 161 g/mol. The van der Waals surface area contributed by atoms with Gasteiger partial charge in [-0.25, -0.2) is 0 Å².